The molecule has 1 aliphatic carbocycles. The van der Waals surface area contributed by atoms with Crippen LogP contribution in [-0.2, 0) is 26.4 Å². The first kappa shape index (κ1) is 21.7. The SMILES string of the molecule is O=C(N[C@@H]1CC[C@@H](CCn2cc(C3(O)CCCC3)nn2)O[C@@H]1CO)C1CCOCC1. The number of aromatic nitrogens is 3. The van der Waals surface area contributed by atoms with Gasteiger partial charge in [0.15, 0.2) is 0 Å². The Bertz CT molecular complexity index is 699. The molecule has 0 spiro atoms. The molecule has 0 bridgehead atoms. The van der Waals surface area contributed by atoms with Crippen LogP contribution in [-0.4, -0.2) is 69.2 Å². The van der Waals surface area contributed by atoms with Crippen LogP contribution >= 0.6 is 0 Å². The minimum atomic E-state index is -0.822. The van der Waals surface area contributed by atoms with Crippen LogP contribution in [0.3, 0.4) is 0 Å². The molecule has 3 fully saturated rings. The van der Waals surface area contributed by atoms with Crippen molar-refractivity contribution in [3.63, 3.8) is 0 Å². The van der Waals surface area contributed by atoms with Crippen molar-refractivity contribution in [1.29, 1.82) is 0 Å². The predicted molar refractivity (Wildman–Crippen MR) is 107 cm³/mol. The summed E-state index contributed by atoms with van der Waals surface area (Å²) in [5, 5.41) is 31.9. The molecule has 3 heterocycles. The molecule has 3 atom stereocenters. The van der Waals surface area contributed by atoms with Gasteiger partial charge in [-0.15, -0.1) is 5.10 Å². The predicted octanol–water partition coefficient (Wildman–Crippen LogP) is 0.881. The van der Waals surface area contributed by atoms with E-state index in [0.29, 0.717) is 25.5 Å². The number of rotatable bonds is 7. The number of nitrogens with zero attached hydrogens (tertiary/aromatic N) is 3. The highest BCUT2D eigenvalue weighted by molar-refractivity contribution is 5.79. The Morgan fingerprint density at radius 1 is 1.23 bits per heavy atom. The molecular weight excluding hydrogens is 388 g/mol. The van der Waals surface area contributed by atoms with Gasteiger partial charge in [0.2, 0.25) is 5.91 Å². The van der Waals surface area contributed by atoms with E-state index >= 15 is 0 Å². The number of carbonyl (C=O) groups excluding carboxylic acids is 1. The number of aliphatic hydroxyl groups is 2. The molecular formula is C21H34N4O5. The zero-order chi connectivity index (χ0) is 21.0. The maximum atomic E-state index is 12.5. The second kappa shape index (κ2) is 9.72. The van der Waals surface area contributed by atoms with Crippen LogP contribution in [0.2, 0.25) is 0 Å². The lowest BCUT2D eigenvalue weighted by molar-refractivity contribution is -0.134. The molecule has 168 valence electrons. The van der Waals surface area contributed by atoms with Gasteiger partial charge in [-0.05, 0) is 44.9 Å². The Labute approximate surface area is 177 Å². The number of hydrogen-bond acceptors (Lipinski definition) is 7. The van der Waals surface area contributed by atoms with E-state index in [1.165, 1.54) is 0 Å². The minimum Gasteiger partial charge on any atom is -0.394 e. The smallest absolute Gasteiger partial charge is 0.223 e. The number of amides is 1. The third-order valence-corrected chi connectivity index (χ3v) is 6.84. The molecule has 9 nitrogen and oxygen atoms in total. The fraction of sp³-hybridized carbons (Fsp3) is 0.857. The van der Waals surface area contributed by atoms with Crippen LogP contribution < -0.4 is 5.32 Å². The van der Waals surface area contributed by atoms with Gasteiger partial charge in [-0.1, -0.05) is 18.1 Å². The first-order valence-corrected chi connectivity index (χ1v) is 11.3. The Morgan fingerprint density at radius 2 is 2.00 bits per heavy atom. The van der Waals surface area contributed by atoms with Crippen molar-refractivity contribution in [2.45, 2.75) is 88.2 Å². The topological polar surface area (TPSA) is 119 Å². The molecule has 2 aliphatic heterocycles. The average molecular weight is 423 g/mol. The third kappa shape index (κ3) is 5.01. The monoisotopic (exact) mass is 422 g/mol. The lowest BCUT2D eigenvalue weighted by Gasteiger charge is -2.37. The van der Waals surface area contributed by atoms with E-state index in [9.17, 15) is 15.0 Å². The van der Waals surface area contributed by atoms with Crippen LogP contribution in [0.5, 0.6) is 0 Å². The highest BCUT2D eigenvalue weighted by Crippen LogP contribution is 2.37. The average Bonchev–Trinajstić information content (AvgIpc) is 3.44. The summed E-state index contributed by atoms with van der Waals surface area (Å²) in [6.45, 7) is 1.79. The highest BCUT2D eigenvalue weighted by atomic mass is 16.5. The van der Waals surface area contributed by atoms with Crippen LogP contribution in [0, 0.1) is 5.92 Å². The van der Waals surface area contributed by atoms with Crippen molar-refractivity contribution in [2.75, 3.05) is 19.8 Å². The standard InChI is InChI=1S/C21H34N4O5/c26-14-18-17(22-20(27)15-6-11-29-12-7-15)4-3-16(30-18)5-10-25-13-19(23-24-25)21(28)8-1-2-9-21/h13,15-18,26,28H,1-12,14H2,(H,22,27)/t16-,17+,18+/m0/s1. The number of ether oxygens (including phenoxy) is 2. The summed E-state index contributed by atoms with van der Waals surface area (Å²) in [5.41, 5.74) is -0.161. The first-order chi connectivity index (χ1) is 14.6. The second-order valence-corrected chi connectivity index (χ2v) is 8.95. The van der Waals surface area contributed by atoms with Gasteiger partial charge < -0.3 is 25.0 Å². The normalized spacial score (nSPS) is 29.7. The molecule has 1 aromatic heterocycles. The van der Waals surface area contributed by atoms with Crippen LogP contribution in [0.25, 0.3) is 0 Å². The lowest BCUT2D eigenvalue weighted by Crippen LogP contribution is -2.52. The molecule has 1 amide bonds. The Balaban J connectivity index is 1.25. The van der Waals surface area contributed by atoms with Gasteiger partial charge in [0.1, 0.15) is 17.4 Å². The molecule has 0 unspecified atom stereocenters. The van der Waals surface area contributed by atoms with Crippen molar-refractivity contribution in [3.05, 3.63) is 11.9 Å². The van der Waals surface area contributed by atoms with Crippen molar-refractivity contribution >= 4 is 5.91 Å². The number of aryl methyl sites for hydroxylation is 1. The molecule has 4 rings (SSSR count). The Morgan fingerprint density at radius 3 is 2.73 bits per heavy atom. The van der Waals surface area contributed by atoms with Crippen molar-refractivity contribution in [3.8, 4) is 0 Å². The summed E-state index contributed by atoms with van der Waals surface area (Å²) in [5.74, 6) is 0.0378. The molecule has 30 heavy (non-hydrogen) atoms. The Hall–Kier alpha value is -1.55. The first-order valence-electron chi connectivity index (χ1n) is 11.3. The summed E-state index contributed by atoms with van der Waals surface area (Å²) in [4.78, 5) is 12.5. The molecule has 0 radical (unpaired) electrons. The summed E-state index contributed by atoms with van der Waals surface area (Å²) in [6.07, 6.45) is 8.84. The van der Waals surface area contributed by atoms with Gasteiger partial charge in [0.05, 0.1) is 24.9 Å². The highest BCUT2D eigenvalue weighted by Gasteiger charge is 2.36. The molecule has 2 saturated heterocycles. The maximum absolute atomic E-state index is 12.5. The van der Waals surface area contributed by atoms with Gasteiger partial charge >= 0.3 is 0 Å². The second-order valence-electron chi connectivity index (χ2n) is 8.95. The van der Waals surface area contributed by atoms with E-state index in [1.807, 2.05) is 6.20 Å². The van der Waals surface area contributed by atoms with E-state index in [0.717, 1.165) is 57.8 Å². The zero-order valence-corrected chi connectivity index (χ0v) is 17.5. The fourth-order valence-electron chi connectivity index (χ4n) is 4.88. The van der Waals surface area contributed by atoms with Gasteiger partial charge in [-0.2, -0.15) is 0 Å². The minimum absolute atomic E-state index is 0.000555. The quantitative estimate of drug-likeness (QED) is 0.597. The number of aliphatic hydroxyl groups excluding tert-OH is 1. The van der Waals surface area contributed by atoms with E-state index in [4.69, 9.17) is 9.47 Å². The van der Waals surface area contributed by atoms with E-state index in [2.05, 4.69) is 15.6 Å². The number of nitrogens with one attached hydrogen (secondary N) is 1. The summed E-state index contributed by atoms with van der Waals surface area (Å²) in [6, 6.07) is -0.156. The summed E-state index contributed by atoms with van der Waals surface area (Å²) in [7, 11) is 0. The number of hydrogen-bond donors (Lipinski definition) is 3. The zero-order valence-electron chi connectivity index (χ0n) is 17.5. The summed E-state index contributed by atoms with van der Waals surface area (Å²) < 4.78 is 13.2. The van der Waals surface area contributed by atoms with Gasteiger partial charge in [-0.3, -0.25) is 9.48 Å². The van der Waals surface area contributed by atoms with E-state index < -0.39 is 11.7 Å². The van der Waals surface area contributed by atoms with Crippen LogP contribution in [0.1, 0.15) is 63.5 Å². The van der Waals surface area contributed by atoms with Gasteiger partial charge in [-0.25, -0.2) is 0 Å². The number of carbonyl (C=O) groups is 1. The Kier molecular flexibility index (Phi) is 7.02. The van der Waals surface area contributed by atoms with E-state index in [1.54, 1.807) is 4.68 Å². The molecule has 1 aromatic rings. The lowest BCUT2D eigenvalue weighted by atomic mass is 9.94. The molecule has 3 N–H and O–H groups in total. The molecule has 0 aromatic carbocycles. The molecule has 9 heteroatoms. The van der Waals surface area contributed by atoms with Crippen molar-refractivity contribution < 1.29 is 24.5 Å². The maximum Gasteiger partial charge on any atom is 0.223 e. The van der Waals surface area contributed by atoms with Gasteiger partial charge in [0.25, 0.3) is 0 Å². The largest absolute Gasteiger partial charge is 0.394 e. The molecule has 3 aliphatic rings. The summed E-state index contributed by atoms with van der Waals surface area (Å²) >= 11 is 0. The van der Waals surface area contributed by atoms with Crippen molar-refractivity contribution in [2.24, 2.45) is 5.92 Å². The van der Waals surface area contributed by atoms with Crippen LogP contribution in [0.4, 0.5) is 0 Å². The van der Waals surface area contributed by atoms with Gasteiger partial charge in [0, 0.05) is 25.7 Å². The van der Waals surface area contributed by atoms with Crippen molar-refractivity contribution in [1.82, 2.24) is 20.3 Å². The van der Waals surface area contributed by atoms with E-state index in [-0.39, 0.29) is 30.6 Å². The third-order valence-electron chi connectivity index (χ3n) is 6.84. The van der Waals surface area contributed by atoms with Crippen LogP contribution in [0.15, 0.2) is 6.20 Å². The molecule has 1 saturated carbocycles. The fourth-order valence-corrected chi connectivity index (χ4v) is 4.88.